The maximum Gasteiger partial charge on any atom is 0.231 e. The van der Waals surface area contributed by atoms with Crippen LogP contribution in [0.2, 0.25) is 0 Å². The van der Waals surface area contributed by atoms with Crippen molar-refractivity contribution in [2.45, 2.75) is 58.0 Å². The number of carbonyl (C=O) groups excluding carboxylic acids is 1. The molecule has 178 valence electrons. The van der Waals surface area contributed by atoms with E-state index in [2.05, 4.69) is 40.6 Å². The van der Waals surface area contributed by atoms with Crippen molar-refractivity contribution < 1.29 is 9.53 Å². The van der Waals surface area contributed by atoms with E-state index in [9.17, 15) is 10.1 Å². The van der Waals surface area contributed by atoms with E-state index < -0.39 is 5.54 Å². The highest BCUT2D eigenvalue weighted by atomic mass is 32.2. The highest BCUT2D eigenvalue weighted by Gasteiger charge is 2.30. The zero-order chi connectivity index (χ0) is 24.6. The number of amides is 1. The van der Waals surface area contributed by atoms with Crippen molar-refractivity contribution in [2.24, 2.45) is 5.92 Å². The van der Waals surface area contributed by atoms with Crippen LogP contribution in [-0.4, -0.2) is 32.0 Å². The van der Waals surface area contributed by atoms with E-state index >= 15 is 0 Å². The molecule has 1 N–H and O–H groups in total. The molecule has 7 nitrogen and oxygen atoms in total. The molecule has 1 aromatic heterocycles. The molecule has 3 rings (SSSR count). The van der Waals surface area contributed by atoms with Gasteiger partial charge in [0.25, 0.3) is 0 Å². The SMILES string of the molecule is CCc1ccc(OCc2nnc(SCC(=O)N[C@@](C)(C#N)C(C)C)n2Cc2ccccc2)cc1. The van der Waals surface area contributed by atoms with Crippen molar-refractivity contribution in [3.8, 4) is 11.8 Å². The Morgan fingerprint density at radius 1 is 1.15 bits per heavy atom. The molecular formula is C26H31N5O2S. The van der Waals surface area contributed by atoms with Gasteiger partial charge in [0.1, 0.15) is 17.9 Å². The molecule has 0 aliphatic rings. The number of benzene rings is 2. The van der Waals surface area contributed by atoms with Gasteiger partial charge in [-0.3, -0.25) is 9.36 Å². The quantitative estimate of drug-likeness (QED) is 0.405. The van der Waals surface area contributed by atoms with Crippen LogP contribution in [-0.2, 0) is 24.4 Å². The molecule has 0 aliphatic carbocycles. The topological polar surface area (TPSA) is 92.8 Å². The van der Waals surface area contributed by atoms with E-state index in [4.69, 9.17) is 4.74 Å². The Morgan fingerprint density at radius 2 is 1.85 bits per heavy atom. The number of aryl methyl sites for hydroxylation is 1. The van der Waals surface area contributed by atoms with Crippen molar-refractivity contribution in [3.05, 3.63) is 71.5 Å². The summed E-state index contributed by atoms with van der Waals surface area (Å²) >= 11 is 1.30. The summed E-state index contributed by atoms with van der Waals surface area (Å²) in [5.74, 6) is 1.35. The van der Waals surface area contributed by atoms with Crippen LogP contribution >= 0.6 is 11.8 Å². The highest BCUT2D eigenvalue weighted by Crippen LogP contribution is 2.22. The zero-order valence-corrected chi connectivity index (χ0v) is 20.9. The minimum absolute atomic E-state index is 0.0108. The van der Waals surface area contributed by atoms with Crippen LogP contribution in [0.25, 0.3) is 0 Å². The Kier molecular flexibility index (Phi) is 8.72. The van der Waals surface area contributed by atoms with Crippen LogP contribution in [0.5, 0.6) is 5.75 Å². The highest BCUT2D eigenvalue weighted by molar-refractivity contribution is 7.99. The van der Waals surface area contributed by atoms with Gasteiger partial charge in [0, 0.05) is 0 Å². The summed E-state index contributed by atoms with van der Waals surface area (Å²) in [5, 5.41) is 21.6. The molecule has 34 heavy (non-hydrogen) atoms. The average molecular weight is 478 g/mol. The van der Waals surface area contributed by atoms with Crippen molar-refractivity contribution in [1.29, 1.82) is 5.26 Å². The largest absolute Gasteiger partial charge is 0.486 e. The number of thioether (sulfide) groups is 1. The molecule has 0 bridgehead atoms. The first-order valence-corrected chi connectivity index (χ1v) is 12.4. The van der Waals surface area contributed by atoms with E-state index in [0.717, 1.165) is 17.7 Å². The normalized spacial score (nSPS) is 12.7. The predicted octanol–water partition coefficient (Wildman–Crippen LogP) is 4.61. The van der Waals surface area contributed by atoms with Crippen molar-refractivity contribution in [1.82, 2.24) is 20.1 Å². The van der Waals surface area contributed by atoms with Gasteiger partial charge in [0.15, 0.2) is 11.0 Å². The Morgan fingerprint density at radius 3 is 2.47 bits per heavy atom. The van der Waals surface area contributed by atoms with E-state index in [1.807, 2.05) is 60.9 Å². The summed E-state index contributed by atoms with van der Waals surface area (Å²) in [6.07, 6.45) is 0.977. The summed E-state index contributed by atoms with van der Waals surface area (Å²) in [6.45, 7) is 8.50. The van der Waals surface area contributed by atoms with E-state index in [-0.39, 0.29) is 24.2 Å². The molecule has 0 unspecified atom stereocenters. The fraction of sp³-hybridized carbons (Fsp3) is 0.385. The predicted molar refractivity (Wildman–Crippen MR) is 133 cm³/mol. The number of carbonyl (C=O) groups is 1. The zero-order valence-electron chi connectivity index (χ0n) is 20.1. The van der Waals surface area contributed by atoms with E-state index in [0.29, 0.717) is 17.5 Å². The van der Waals surface area contributed by atoms with Gasteiger partial charge in [-0.25, -0.2) is 0 Å². The number of rotatable bonds is 11. The number of nitriles is 1. The van der Waals surface area contributed by atoms with Gasteiger partial charge in [0.05, 0.1) is 18.4 Å². The minimum Gasteiger partial charge on any atom is -0.486 e. The lowest BCUT2D eigenvalue weighted by molar-refractivity contribution is -0.120. The number of hydrogen-bond donors (Lipinski definition) is 1. The molecule has 1 atom stereocenters. The minimum atomic E-state index is -0.915. The lowest BCUT2D eigenvalue weighted by atomic mass is 9.90. The second-order valence-electron chi connectivity index (χ2n) is 8.56. The van der Waals surface area contributed by atoms with Gasteiger partial charge < -0.3 is 10.1 Å². The van der Waals surface area contributed by atoms with Crippen LogP contribution < -0.4 is 10.1 Å². The van der Waals surface area contributed by atoms with Crippen LogP contribution in [0.3, 0.4) is 0 Å². The van der Waals surface area contributed by atoms with Crippen LogP contribution in [0.15, 0.2) is 59.8 Å². The number of aromatic nitrogens is 3. The maximum absolute atomic E-state index is 12.6. The Balaban J connectivity index is 1.73. The third kappa shape index (κ3) is 6.61. The monoisotopic (exact) mass is 477 g/mol. The number of nitrogens with zero attached hydrogens (tertiary/aromatic N) is 4. The molecule has 0 radical (unpaired) electrons. The molecule has 2 aromatic carbocycles. The third-order valence-electron chi connectivity index (χ3n) is 5.79. The van der Waals surface area contributed by atoms with Gasteiger partial charge in [-0.2, -0.15) is 5.26 Å². The molecule has 0 saturated carbocycles. The summed E-state index contributed by atoms with van der Waals surface area (Å²) in [6, 6.07) is 20.2. The summed E-state index contributed by atoms with van der Waals surface area (Å²) in [5.41, 5.74) is 1.43. The smallest absolute Gasteiger partial charge is 0.231 e. The van der Waals surface area contributed by atoms with Crippen molar-refractivity contribution in [3.63, 3.8) is 0 Å². The lowest BCUT2D eigenvalue weighted by Gasteiger charge is -2.27. The lowest BCUT2D eigenvalue weighted by Crippen LogP contribution is -2.49. The van der Waals surface area contributed by atoms with Crippen molar-refractivity contribution >= 4 is 17.7 Å². The van der Waals surface area contributed by atoms with E-state index in [1.54, 1.807) is 6.92 Å². The fourth-order valence-electron chi connectivity index (χ4n) is 3.18. The third-order valence-corrected chi connectivity index (χ3v) is 6.76. The summed E-state index contributed by atoms with van der Waals surface area (Å²) in [7, 11) is 0. The van der Waals surface area contributed by atoms with Gasteiger partial charge in [-0.15, -0.1) is 10.2 Å². The maximum atomic E-state index is 12.6. The second-order valence-corrected chi connectivity index (χ2v) is 9.50. The van der Waals surface area contributed by atoms with Gasteiger partial charge in [0.2, 0.25) is 5.91 Å². The van der Waals surface area contributed by atoms with Gasteiger partial charge in [-0.1, -0.05) is 75.0 Å². The van der Waals surface area contributed by atoms with E-state index in [1.165, 1.54) is 17.3 Å². The van der Waals surface area contributed by atoms with Crippen LogP contribution in [0.1, 0.15) is 44.6 Å². The molecule has 1 heterocycles. The summed E-state index contributed by atoms with van der Waals surface area (Å²) < 4.78 is 7.94. The molecule has 0 aliphatic heterocycles. The molecule has 0 saturated heterocycles. The van der Waals surface area contributed by atoms with Crippen LogP contribution in [0, 0.1) is 17.2 Å². The first-order chi connectivity index (χ1) is 16.3. The second kappa shape index (κ2) is 11.7. The van der Waals surface area contributed by atoms with Gasteiger partial charge in [-0.05, 0) is 42.5 Å². The Bertz CT molecular complexity index is 1120. The molecule has 0 spiro atoms. The fourth-order valence-corrected chi connectivity index (χ4v) is 3.94. The van der Waals surface area contributed by atoms with Gasteiger partial charge >= 0.3 is 0 Å². The Hall–Kier alpha value is -3.31. The van der Waals surface area contributed by atoms with Crippen LogP contribution in [0.4, 0.5) is 0 Å². The molecule has 3 aromatic rings. The summed E-state index contributed by atoms with van der Waals surface area (Å²) in [4.78, 5) is 12.6. The molecular weight excluding hydrogens is 446 g/mol. The Labute approximate surface area is 205 Å². The number of ether oxygens (including phenoxy) is 1. The average Bonchev–Trinajstić information content (AvgIpc) is 3.23. The number of nitrogens with one attached hydrogen (secondary N) is 1. The van der Waals surface area contributed by atoms with Crippen molar-refractivity contribution in [2.75, 3.05) is 5.75 Å². The number of hydrogen-bond acceptors (Lipinski definition) is 6. The standard InChI is InChI=1S/C26H31N5O2S/c1-5-20-11-13-22(14-12-20)33-16-23-29-30-25(31(23)15-21-9-7-6-8-10-21)34-17-24(32)28-26(4,18-27)19(2)3/h6-14,19H,5,15-17H2,1-4H3,(H,28,32)/t26-/m0/s1. The molecule has 1 amide bonds. The first kappa shape index (κ1) is 25.3. The first-order valence-electron chi connectivity index (χ1n) is 11.4. The molecule has 8 heteroatoms. The molecule has 0 fully saturated rings.